The summed E-state index contributed by atoms with van der Waals surface area (Å²) in [6, 6.07) is 15.3. The highest BCUT2D eigenvalue weighted by atomic mass is 32.2. The van der Waals surface area contributed by atoms with Crippen molar-refractivity contribution >= 4 is 52.3 Å². The Morgan fingerprint density at radius 2 is 1.88 bits per heavy atom. The van der Waals surface area contributed by atoms with Crippen molar-refractivity contribution in [2.24, 2.45) is 10.7 Å². The Bertz CT molecular complexity index is 888. The van der Waals surface area contributed by atoms with E-state index in [4.69, 9.17) is 5.73 Å². The lowest BCUT2D eigenvalue weighted by molar-refractivity contribution is -0.114. The van der Waals surface area contributed by atoms with E-state index in [1.165, 1.54) is 23.5 Å². The van der Waals surface area contributed by atoms with Crippen molar-refractivity contribution in [3.63, 3.8) is 0 Å². The highest BCUT2D eigenvalue weighted by Gasteiger charge is 2.19. The quantitative estimate of drug-likeness (QED) is 0.608. The Morgan fingerprint density at radius 3 is 2.50 bits per heavy atom. The number of nitrogens with two attached hydrogens (primary N) is 1. The molecule has 0 aliphatic carbocycles. The van der Waals surface area contributed by atoms with Gasteiger partial charge in [0.25, 0.3) is 5.91 Å². The van der Waals surface area contributed by atoms with E-state index in [0.717, 1.165) is 21.7 Å². The monoisotopic (exact) mass is 383 g/mol. The maximum Gasteiger partial charge on any atom is 0.286 e. The SMILES string of the molecule is Cc1ccc(NC(=O)CSc2ccc(/C=C3\SC(N)=NC3=O)cc2)cc1. The number of amidine groups is 1. The Hall–Kier alpha value is -2.51. The summed E-state index contributed by atoms with van der Waals surface area (Å²) in [6.07, 6.45) is 1.76. The third-order valence-corrected chi connectivity index (χ3v) is 5.34. The largest absolute Gasteiger partial charge is 0.378 e. The molecule has 3 rings (SSSR count). The number of hydrogen-bond donors (Lipinski definition) is 2. The summed E-state index contributed by atoms with van der Waals surface area (Å²) in [6.45, 7) is 2.00. The molecule has 2 amide bonds. The van der Waals surface area contributed by atoms with Gasteiger partial charge in [0.1, 0.15) is 0 Å². The van der Waals surface area contributed by atoms with E-state index >= 15 is 0 Å². The van der Waals surface area contributed by atoms with E-state index in [2.05, 4.69) is 10.3 Å². The van der Waals surface area contributed by atoms with Crippen LogP contribution in [0.3, 0.4) is 0 Å². The van der Waals surface area contributed by atoms with Crippen LogP contribution in [0.1, 0.15) is 11.1 Å². The van der Waals surface area contributed by atoms with Crippen LogP contribution in [-0.2, 0) is 9.59 Å². The zero-order valence-corrected chi connectivity index (χ0v) is 15.7. The summed E-state index contributed by atoms with van der Waals surface area (Å²) in [5, 5.41) is 3.15. The number of hydrogen-bond acceptors (Lipinski definition) is 5. The molecule has 0 aromatic heterocycles. The molecule has 26 heavy (non-hydrogen) atoms. The summed E-state index contributed by atoms with van der Waals surface area (Å²) in [7, 11) is 0. The minimum atomic E-state index is -0.307. The molecule has 0 unspecified atom stereocenters. The summed E-state index contributed by atoms with van der Waals surface area (Å²) < 4.78 is 0. The number of rotatable bonds is 5. The van der Waals surface area contributed by atoms with Gasteiger partial charge in [0.15, 0.2) is 5.17 Å². The Morgan fingerprint density at radius 1 is 1.19 bits per heavy atom. The lowest BCUT2D eigenvalue weighted by Crippen LogP contribution is -2.13. The highest BCUT2D eigenvalue weighted by Crippen LogP contribution is 2.27. The lowest BCUT2D eigenvalue weighted by Gasteiger charge is -2.06. The van der Waals surface area contributed by atoms with Crippen molar-refractivity contribution < 1.29 is 9.59 Å². The summed E-state index contributed by atoms with van der Waals surface area (Å²) in [4.78, 5) is 28.8. The van der Waals surface area contributed by atoms with Gasteiger partial charge in [-0.1, -0.05) is 29.8 Å². The van der Waals surface area contributed by atoms with Gasteiger partial charge >= 0.3 is 0 Å². The van der Waals surface area contributed by atoms with Gasteiger partial charge < -0.3 is 11.1 Å². The van der Waals surface area contributed by atoms with E-state index < -0.39 is 0 Å². The minimum Gasteiger partial charge on any atom is -0.378 e. The zero-order chi connectivity index (χ0) is 18.5. The van der Waals surface area contributed by atoms with Gasteiger partial charge in [0.05, 0.1) is 10.7 Å². The first kappa shape index (κ1) is 18.3. The van der Waals surface area contributed by atoms with Gasteiger partial charge in [0, 0.05) is 10.6 Å². The number of carbonyl (C=O) groups excluding carboxylic acids is 2. The molecule has 1 aliphatic heterocycles. The van der Waals surface area contributed by atoms with Gasteiger partial charge in [-0.25, -0.2) is 0 Å². The molecule has 0 saturated heterocycles. The fraction of sp³-hybridized carbons (Fsp3) is 0.105. The van der Waals surface area contributed by atoms with Gasteiger partial charge in [0.2, 0.25) is 5.91 Å². The molecule has 0 atom stereocenters. The standard InChI is InChI=1S/C19H17N3O2S2/c1-12-2-6-14(7-3-12)21-17(23)11-25-15-8-4-13(5-9-15)10-16-18(24)22-19(20)26-16/h2-10H,11H2,1H3,(H,21,23)(H2,20,22,24)/b16-10-. The lowest BCUT2D eigenvalue weighted by atomic mass is 10.2. The van der Waals surface area contributed by atoms with Crippen LogP contribution in [0.4, 0.5) is 5.69 Å². The molecule has 7 heteroatoms. The van der Waals surface area contributed by atoms with Gasteiger partial charge in [-0.3, -0.25) is 9.59 Å². The molecular formula is C19H17N3O2S2. The number of aliphatic imine (C=N–C) groups is 1. The number of benzene rings is 2. The number of nitrogens with zero attached hydrogens (tertiary/aromatic N) is 1. The molecule has 0 fully saturated rings. The molecule has 5 nitrogen and oxygen atoms in total. The van der Waals surface area contributed by atoms with Crippen molar-refractivity contribution in [3.05, 3.63) is 64.6 Å². The van der Waals surface area contributed by atoms with Crippen LogP contribution in [0.15, 0.2) is 63.3 Å². The molecule has 2 aromatic rings. The molecular weight excluding hydrogens is 366 g/mol. The average Bonchev–Trinajstić information content (AvgIpc) is 2.93. The number of anilines is 1. The van der Waals surface area contributed by atoms with Crippen LogP contribution in [0.2, 0.25) is 0 Å². The van der Waals surface area contributed by atoms with Crippen molar-refractivity contribution in [2.45, 2.75) is 11.8 Å². The van der Waals surface area contributed by atoms with Crippen LogP contribution in [0, 0.1) is 6.92 Å². The molecule has 0 bridgehead atoms. The number of thioether (sulfide) groups is 2. The molecule has 1 heterocycles. The predicted octanol–water partition coefficient (Wildman–Crippen LogP) is 3.65. The Labute approximate surface area is 160 Å². The molecule has 1 aliphatic rings. The first-order valence-corrected chi connectivity index (χ1v) is 9.67. The number of amides is 2. The minimum absolute atomic E-state index is 0.0503. The first-order chi connectivity index (χ1) is 12.5. The highest BCUT2D eigenvalue weighted by molar-refractivity contribution is 8.18. The smallest absolute Gasteiger partial charge is 0.286 e. The van der Waals surface area contributed by atoms with Crippen molar-refractivity contribution in [1.29, 1.82) is 0 Å². The molecule has 3 N–H and O–H groups in total. The average molecular weight is 383 g/mol. The number of aryl methyl sites for hydroxylation is 1. The van der Waals surface area contributed by atoms with Crippen molar-refractivity contribution in [2.75, 3.05) is 11.1 Å². The molecule has 0 saturated carbocycles. The second-order valence-electron chi connectivity index (χ2n) is 5.64. The van der Waals surface area contributed by atoms with Crippen molar-refractivity contribution in [1.82, 2.24) is 0 Å². The maximum atomic E-state index is 12.0. The summed E-state index contributed by atoms with van der Waals surface area (Å²) in [5.74, 6) is -0.0307. The van der Waals surface area contributed by atoms with Gasteiger partial charge in [-0.2, -0.15) is 4.99 Å². The number of nitrogens with one attached hydrogen (secondary N) is 1. The Kier molecular flexibility index (Phi) is 5.80. The second-order valence-corrected chi connectivity index (χ2v) is 7.75. The maximum absolute atomic E-state index is 12.0. The molecule has 0 spiro atoms. The number of carbonyl (C=O) groups is 2. The first-order valence-electron chi connectivity index (χ1n) is 7.87. The summed E-state index contributed by atoms with van der Waals surface area (Å²) in [5.41, 5.74) is 8.37. The van der Waals surface area contributed by atoms with Crippen LogP contribution in [0.25, 0.3) is 6.08 Å². The fourth-order valence-electron chi connectivity index (χ4n) is 2.22. The normalized spacial score (nSPS) is 15.2. The molecule has 132 valence electrons. The summed E-state index contributed by atoms with van der Waals surface area (Å²) >= 11 is 2.63. The van der Waals surface area contributed by atoms with E-state index in [-0.39, 0.29) is 17.0 Å². The third-order valence-electron chi connectivity index (χ3n) is 3.52. The van der Waals surface area contributed by atoms with Crippen molar-refractivity contribution in [3.8, 4) is 0 Å². The van der Waals surface area contributed by atoms with E-state index in [9.17, 15) is 9.59 Å². The zero-order valence-electron chi connectivity index (χ0n) is 14.1. The predicted molar refractivity (Wildman–Crippen MR) is 109 cm³/mol. The van der Waals surface area contributed by atoms with Crippen LogP contribution in [0.5, 0.6) is 0 Å². The van der Waals surface area contributed by atoms with E-state index in [1.54, 1.807) is 6.08 Å². The second kappa shape index (κ2) is 8.25. The Balaban J connectivity index is 1.53. The molecule has 0 radical (unpaired) electrons. The fourth-order valence-corrected chi connectivity index (χ4v) is 3.60. The van der Waals surface area contributed by atoms with Crippen LogP contribution in [-0.4, -0.2) is 22.7 Å². The van der Waals surface area contributed by atoms with Gasteiger partial charge in [-0.05, 0) is 54.6 Å². The van der Waals surface area contributed by atoms with Gasteiger partial charge in [-0.15, -0.1) is 11.8 Å². The van der Waals surface area contributed by atoms with E-state index in [1.807, 2.05) is 55.5 Å². The van der Waals surface area contributed by atoms with E-state index in [0.29, 0.717) is 10.7 Å². The topological polar surface area (TPSA) is 84.6 Å². The van der Waals surface area contributed by atoms with Crippen LogP contribution < -0.4 is 11.1 Å². The molecule has 2 aromatic carbocycles. The van der Waals surface area contributed by atoms with Crippen LogP contribution >= 0.6 is 23.5 Å². The third kappa shape index (κ3) is 5.00.